The summed E-state index contributed by atoms with van der Waals surface area (Å²) in [4.78, 5) is 15.3. The van der Waals surface area contributed by atoms with E-state index in [1.165, 1.54) is 4.52 Å². The van der Waals surface area contributed by atoms with E-state index >= 15 is 0 Å². The smallest absolute Gasteiger partial charge is 0.259 e. The van der Waals surface area contributed by atoms with Crippen LogP contribution in [0.2, 0.25) is 0 Å². The minimum Gasteiger partial charge on any atom is -0.492 e. The summed E-state index contributed by atoms with van der Waals surface area (Å²) in [5.41, 5.74) is 7.18. The summed E-state index contributed by atoms with van der Waals surface area (Å²) >= 11 is 0. The molecule has 4 aromatic rings. The fraction of sp³-hybridized carbons (Fsp3) is 0.391. The maximum Gasteiger partial charge on any atom is 0.259 e. The molecule has 178 valence electrons. The highest BCUT2D eigenvalue weighted by atomic mass is 19.1. The van der Waals surface area contributed by atoms with Gasteiger partial charge in [0.1, 0.15) is 18.5 Å². The van der Waals surface area contributed by atoms with E-state index in [1.807, 2.05) is 24.3 Å². The van der Waals surface area contributed by atoms with Crippen molar-refractivity contribution in [3.05, 3.63) is 48.2 Å². The predicted molar refractivity (Wildman–Crippen MR) is 125 cm³/mol. The molecule has 0 atom stereocenters. The minimum atomic E-state index is -0.645. The lowest BCUT2D eigenvalue weighted by Crippen LogP contribution is -2.37. The molecule has 0 radical (unpaired) electrons. The van der Waals surface area contributed by atoms with Crippen LogP contribution in [0.5, 0.6) is 5.75 Å². The molecule has 1 aromatic carbocycles. The first kappa shape index (κ1) is 22.1. The highest BCUT2D eigenvalue weighted by Crippen LogP contribution is 2.18. The summed E-state index contributed by atoms with van der Waals surface area (Å²) in [7, 11) is 0. The third-order valence-corrected chi connectivity index (χ3v) is 5.79. The van der Waals surface area contributed by atoms with Gasteiger partial charge in [-0.2, -0.15) is 19.5 Å². The van der Waals surface area contributed by atoms with E-state index in [4.69, 9.17) is 14.9 Å². The molecule has 1 aliphatic rings. The number of benzene rings is 1. The van der Waals surface area contributed by atoms with Crippen LogP contribution in [0.1, 0.15) is 18.4 Å². The van der Waals surface area contributed by atoms with Gasteiger partial charge in [-0.25, -0.2) is 4.39 Å². The summed E-state index contributed by atoms with van der Waals surface area (Å²) in [6.45, 7) is 3.66. The minimum absolute atomic E-state index is 0.188. The van der Waals surface area contributed by atoms with Crippen LogP contribution in [-0.2, 0) is 6.42 Å². The number of ether oxygens (including phenoxy) is 1. The van der Waals surface area contributed by atoms with Gasteiger partial charge >= 0.3 is 0 Å². The molecule has 34 heavy (non-hydrogen) atoms. The molecule has 1 aliphatic heterocycles. The largest absolute Gasteiger partial charge is 0.492 e. The summed E-state index contributed by atoms with van der Waals surface area (Å²) in [5.74, 6) is 2.69. The molecule has 0 aliphatic carbocycles. The monoisotopic (exact) mass is 466 g/mol. The van der Waals surface area contributed by atoms with Gasteiger partial charge < -0.3 is 20.2 Å². The standard InChI is InChI=1S/C23H27FN8O2/c24-17-8-11-31(12-9-17)13-15-33-18-5-3-16(4-6-18)7-10-26-22-28-21(25)32-23(29-22)27-20(30-32)19-2-1-14-34-19/h1-6,14,17H,7-13,15H2,(H3,25,26,27,28,29,30). The Morgan fingerprint density at radius 1 is 1.12 bits per heavy atom. The molecular weight excluding hydrogens is 439 g/mol. The molecule has 0 saturated carbocycles. The third-order valence-electron chi connectivity index (χ3n) is 5.79. The Morgan fingerprint density at radius 2 is 1.94 bits per heavy atom. The van der Waals surface area contributed by atoms with Crippen molar-refractivity contribution < 1.29 is 13.5 Å². The van der Waals surface area contributed by atoms with Gasteiger partial charge in [0.2, 0.25) is 17.7 Å². The van der Waals surface area contributed by atoms with E-state index in [2.05, 4.69) is 30.3 Å². The predicted octanol–water partition coefficient (Wildman–Crippen LogP) is 2.83. The van der Waals surface area contributed by atoms with Gasteiger partial charge in [-0.1, -0.05) is 12.1 Å². The molecule has 0 bridgehead atoms. The number of fused-ring (bicyclic) bond motifs is 1. The number of nitrogens with one attached hydrogen (secondary N) is 1. The fourth-order valence-corrected chi connectivity index (χ4v) is 3.88. The zero-order valence-corrected chi connectivity index (χ0v) is 18.7. The molecule has 1 saturated heterocycles. The van der Waals surface area contributed by atoms with Crippen LogP contribution in [0.15, 0.2) is 47.1 Å². The molecule has 0 spiro atoms. The first-order valence-electron chi connectivity index (χ1n) is 11.4. The Balaban J connectivity index is 1.10. The lowest BCUT2D eigenvalue weighted by atomic mass is 10.1. The number of rotatable bonds is 9. The molecule has 1 fully saturated rings. The first-order chi connectivity index (χ1) is 16.6. The zero-order valence-electron chi connectivity index (χ0n) is 18.7. The number of likely N-dealkylation sites (tertiary alicyclic amines) is 1. The highest BCUT2D eigenvalue weighted by molar-refractivity contribution is 5.52. The Kier molecular flexibility index (Phi) is 6.52. The average Bonchev–Trinajstić information content (AvgIpc) is 3.52. The van der Waals surface area contributed by atoms with E-state index < -0.39 is 6.17 Å². The molecule has 0 unspecified atom stereocenters. The highest BCUT2D eigenvalue weighted by Gasteiger charge is 2.18. The van der Waals surface area contributed by atoms with Crippen LogP contribution in [0, 0.1) is 0 Å². The Morgan fingerprint density at radius 3 is 2.71 bits per heavy atom. The summed E-state index contributed by atoms with van der Waals surface area (Å²) in [5, 5.41) is 7.48. The Labute approximate surface area is 196 Å². The molecule has 11 heteroatoms. The number of halogens is 1. The zero-order chi connectivity index (χ0) is 23.3. The molecule has 4 heterocycles. The number of hydrogen-bond donors (Lipinski definition) is 2. The number of hydrogen-bond acceptors (Lipinski definition) is 9. The van der Waals surface area contributed by atoms with Crippen molar-refractivity contribution in [3.8, 4) is 17.3 Å². The van der Waals surface area contributed by atoms with Gasteiger partial charge in [0, 0.05) is 26.2 Å². The number of nitrogens with two attached hydrogens (primary N) is 1. The molecule has 3 N–H and O–H groups in total. The van der Waals surface area contributed by atoms with E-state index in [0.29, 0.717) is 49.3 Å². The number of alkyl halides is 1. The van der Waals surface area contributed by atoms with E-state index in [1.54, 1.807) is 18.4 Å². The maximum absolute atomic E-state index is 13.2. The van der Waals surface area contributed by atoms with Crippen LogP contribution in [-0.4, -0.2) is 68.4 Å². The van der Waals surface area contributed by atoms with Crippen LogP contribution in [0.25, 0.3) is 17.4 Å². The number of aromatic nitrogens is 5. The number of anilines is 2. The van der Waals surface area contributed by atoms with Gasteiger partial charge in [-0.15, -0.1) is 5.10 Å². The van der Waals surface area contributed by atoms with Crippen LogP contribution in [0.4, 0.5) is 16.3 Å². The van der Waals surface area contributed by atoms with Crippen molar-refractivity contribution in [2.24, 2.45) is 0 Å². The molecule has 3 aromatic heterocycles. The van der Waals surface area contributed by atoms with Crippen LogP contribution in [0.3, 0.4) is 0 Å². The van der Waals surface area contributed by atoms with E-state index in [9.17, 15) is 4.39 Å². The van der Waals surface area contributed by atoms with Gasteiger partial charge in [-0.3, -0.25) is 4.90 Å². The molecule has 5 rings (SSSR count). The Bertz CT molecular complexity index is 1200. The van der Waals surface area contributed by atoms with Crippen molar-refractivity contribution in [2.45, 2.75) is 25.4 Å². The van der Waals surface area contributed by atoms with Gasteiger partial charge in [0.25, 0.3) is 5.78 Å². The lowest BCUT2D eigenvalue weighted by molar-refractivity contribution is 0.132. The quantitative estimate of drug-likeness (QED) is 0.384. The SMILES string of the molecule is Nc1nc(NCCc2ccc(OCCN3CCC(F)CC3)cc2)nc2nc(-c3ccco3)nn12. The molecule has 10 nitrogen and oxygen atoms in total. The third kappa shape index (κ3) is 5.25. The normalized spacial score (nSPS) is 15.1. The van der Waals surface area contributed by atoms with Crippen molar-refractivity contribution in [2.75, 3.05) is 43.8 Å². The number of piperidine rings is 1. The second kappa shape index (κ2) is 10.0. The van der Waals surface area contributed by atoms with Crippen LogP contribution >= 0.6 is 0 Å². The topological polar surface area (TPSA) is 120 Å². The average molecular weight is 467 g/mol. The second-order valence-electron chi connectivity index (χ2n) is 8.22. The number of nitrogens with zero attached hydrogens (tertiary/aromatic N) is 6. The summed E-state index contributed by atoms with van der Waals surface area (Å²) in [6.07, 6.45) is 2.93. The number of nitrogen functional groups attached to an aromatic ring is 1. The lowest BCUT2D eigenvalue weighted by Gasteiger charge is -2.28. The van der Waals surface area contributed by atoms with Crippen molar-refractivity contribution in [1.29, 1.82) is 0 Å². The molecule has 0 amide bonds. The Hall–Kier alpha value is -3.73. The van der Waals surface area contributed by atoms with Crippen molar-refractivity contribution in [1.82, 2.24) is 29.5 Å². The van der Waals surface area contributed by atoms with Gasteiger partial charge in [0.15, 0.2) is 5.76 Å². The molecular formula is C23H27FN8O2. The first-order valence-corrected chi connectivity index (χ1v) is 11.4. The van der Waals surface area contributed by atoms with Gasteiger partial charge in [-0.05, 0) is 49.1 Å². The summed E-state index contributed by atoms with van der Waals surface area (Å²) in [6, 6.07) is 11.5. The maximum atomic E-state index is 13.2. The van der Waals surface area contributed by atoms with Crippen molar-refractivity contribution >= 4 is 17.7 Å². The van der Waals surface area contributed by atoms with Gasteiger partial charge in [0.05, 0.1) is 6.26 Å². The second-order valence-corrected chi connectivity index (χ2v) is 8.22. The van der Waals surface area contributed by atoms with Crippen LogP contribution < -0.4 is 15.8 Å². The van der Waals surface area contributed by atoms with E-state index in [-0.39, 0.29) is 5.95 Å². The fourth-order valence-electron chi connectivity index (χ4n) is 3.88. The number of furan rings is 1. The van der Waals surface area contributed by atoms with Crippen molar-refractivity contribution in [3.63, 3.8) is 0 Å². The van der Waals surface area contributed by atoms with E-state index in [0.717, 1.165) is 37.4 Å². The summed E-state index contributed by atoms with van der Waals surface area (Å²) < 4.78 is 25.8.